The van der Waals surface area contributed by atoms with Crippen LogP contribution in [0, 0.1) is 11.8 Å². The number of amides is 1. The number of pyridine rings is 1. The van der Waals surface area contributed by atoms with Crippen LogP contribution >= 0.6 is 0 Å². The number of aliphatic hydroxyl groups excluding tert-OH is 2. The summed E-state index contributed by atoms with van der Waals surface area (Å²) in [6.45, 7) is 0. The number of hydrogen-bond acceptors (Lipinski definition) is 9. The zero-order valence-corrected chi connectivity index (χ0v) is 16.6. The number of carbonyl (C=O) groups is 3. The number of carbonyl (C=O) groups excluding carboxylic acids is 3. The van der Waals surface area contributed by atoms with Gasteiger partial charge in [0.2, 0.25) is 5.78 Å². The van der Waals surface area contributed by atoms with Gasteiger partial charge in [-0.2, -0.15) is 0 Å². The van der Waals surface area contributed by atoms with E-state index in [1.165, 1.54) is 6.20 Å². The van der Waals surface area contributed by atoms with Crippen LogP contribution in [0.3, 0.4) is 0 Å². The monoisotopic (exact) mass is 437 g/mol. The number of aliphatic hydroxyl groups is 3. The van der Waals surface area contributed by atoms with Crippen molar-refractivity contribution in [2.24, 2.45) is 23.3 Å². The van der Waals surface area contributed by atoms with E-state index in [-0.39, 0.29) is 35.2 Å². The van der Waals surface area contributed by atoms with Gasteiger partial charge in [0.25, 0.3) is 5.91 Å². The van der Waals surface area contributed by atoms with Crippen molar-refractivity contribution in [1.82, 2.24) is 4.98 Å². The first-order valence-corrected chi connectivity index (χ1v) is 9.92. The number of ketones is 2. The Labute approximate surface area is 180 Å². The molecule has 0 unspecified atom stereocenters. The highest BCUT2D eigenvalue weighted by Gasteiger charge is 2.62. The van der Waals surface area contributed by atoms with Crippen molar-refractivity contribution in [3.8, 4) is 5.75 Å². The third kappa shape index (κ3) is 2.30. The fourth-order valence-corrected chi connectivity index (χ4v) is 5.31. The van der Waals surface area contributed by atoms with E-state index in [0.29, 0.717) is 10.9 Å². The number of aromatic nitrogens is 1. The van der Waals surface area contributed by atoms with Crippen LogP contribution in [0.25, 0.3) is 10.9 Å². The lowest BCUT2D eigenvalue weighted by atomic mass is 9.59. The Kier molecular flexibility index (Phi) is 4.02. The number of phenols is 1. The smallest absolute Gasteiger partial charge is 0.255 e. The van der Waals surface area contributed by atoms with Gasteiger partial charge in [-0.3, -0.25) is 19.4 Å². The molecule has 0 saturated heterocycles. The van der Waals surface area contributed by atoms with Crippen molar-refractivity contribution in [3.63, 3.8) is 0 Å². The summed E-state index contributed by atoms with van der Waals surface area (Å²) in [6, 6.07) is 3.78. The van der Waals surface area contributed by atoms with Crippen LogP contribution in [-0.2, 0) is 16.0 Å². The average molecular weight is 437 g/mol. The molecule has 164 valence electrons. The topological polar surface area (TPSA) is 197 Å². The standard InChI is InChI=1S/C22H19N3O7/c23-14-10-6-9-5-8-4-7-2-1-3-25-15(7)18(28)11(8)16(26)12(9)19(29)22(10,32)20(30)13(17(14)27)21(24)31/h1-4,9-10,14,27-29,32H,5-6,23H2,(H2,24,31)/t9-,10-,14-,22-/m0/s1. The molecule has 0 bridgehead atoms. The maximum absolute atomic E-state index is 13.4. The van der Waals surface area contributed by atoms with Crippen LogP contribution in [0.4, 0.5) is 0 Å². The Morgan fingerprint density at radius 1 is 1.22 bits per heavy atom. The Bertz CT molecular complexity index is 1330. The Morgan fingerprint density at radius 2 is 1.94 bits per heavy atom. The molecular weight excluding hydrogens is 418 g/mol. The number of benzene rings is 1. The molecule has 1 aromatic carbocycles. The van der Waals surface area contributed by atoms with E-state index in [1.807, 2.05) is 0 Å². The first-order valence-electron chi connectivity index (χ1n) is 9.92. The molecule has 4 atom stereocenters. The summed E-state index contributed by atoms with van der Waals surface area (Å²) in [6.07, 6.45) is 1.64. The predicted octanol–water partition coefficient (Wildman–Crippen LogP) is 0.0659. The van der Waals surface area contributed by atoms with Gasteiger partial charge < -0.3 is 31.9 Å². The second-order valence-electron chi connectivity index (χ2n) is 8.41. The van der Waals surface area contributed by atoms with Gasteiger partial charge >= 0.3 is 0 Å². The van der Waals surface area contributed by atoms with Crippen molar-refractivity contribution in [1.29, 1.82) is 0 Å². The summed E-state index contributed by atoms with van der Waals surface area (Å²) < 4.78 is 0. The van der Waals surface area contributed by atoms with Crippen LogP contribution in [0.15, 0.2) is 47.1 Å². The van der Waals surface area contributed by atoms with E-state index in [4.69, 9.17) is 11.5 Å². The zero-order chi connectivity index (χ0) is 23.1. The molecule has 2 aromatic rings. The van der Waals surface area contributed by atoms with Gasteiger partial charge in [-0.1, -0.05) is 6.07 Å². The van der Waals surface area contributed by atoms with Gasteiger partial charge in [0.1, 0.15) is 22.6 Å². The zero-order valence-electron chi connectivity index (χ0n) is 16.6. The molecule has 0 saturated carbocycles. The van der Waals surface area contributed by atoms with E-state index in [2.05, 4.69) is 4.98 Å². The molecule has 0 fully saturated rings. The number of nitrogens with zero attached hydrogens (tertiary/aromatic N) is 1. The largest absolute Gasteiger partial charge is 0.510 e. The predicted molar refractivity (Wildman–Crippen MR) is 109 cm³/mol. The third-order valence-corrected chi connectivity index (χ3v) is 6.81. The lowest BCUT2D eigenvalue weighted by molar-refractivity contribution is -0.145. The third-order valence-electron chi connectivity index (χ3n) is 6.81. The van der Waals surface area contributed by atoms with E-state index < -0.39 is 58.0 Å². The molecule has 8 N–H and O–H groups in total. The molecular formula is C22H19N3O7. The maximum atomic E-state index is 13.4. The number of nitrogens with two attached hydrogens (primary N) is 2. The molecule has 1 amide bonds. The minimum atomic E-state index is -2.71. The van der Waals surface area contributed by atoms with Crippen LogP contribution < -0.4 is 11.5 Å². The van der Waals surface area contributed by atoms with Gasteiger partial charge in [-0.25, -0.2) is 0 Å². The Morgan fingerprint density at radius 3 is 2.62 bits per heavy atom. The van der Waals surface area contributed by atoms with E-state index in [9.17, 15) is 34.8 Å². The molecule has 0 spiro atoms. The number of fused-ring (bicyclic) bond motifs is 4. The van der Waals surface area contributed by atoms with Crippen molar-refractivity contribution >= 4 is 28.4 Å². The summed E-state index contributed by atoms with van der Waals surface area (Å²) in [7, 11) is 0. The van der Waals surface area contributed by atoms with Crippen molar-refractivity contribution in [2.45, 2.75) is 24.5 Å². The van der Waals surface area contributed by atoms with Crippen molar-refractivity contribution in [3.05, 3.63) is 58.2 Å². The minimum absolute atomic E-state index is 0.0318. The van der Waals surface area contributed by atoms with Crippen molar-refractivity contribution in [2.75, 3.05) is 0 Å². The van der Waals surface area contributed by atoms with Crippen molar-refractivity contribution < 1.29 is 34.8 Å². The fourth-order valence-electron chi connectivity index (χ4n) is 5.31. The van der Waals surface area contributed by atoms with Crippen LogP contribution in [0.2, 0.25) is 0 Å². The second kappa shape index (κ2) is 6.38. The van der Waals surface area contributed by atoms with Gasteiger partial charge in [0, 0.05) is 23.1 Å². The summed E-state index contributed by atoms with van der Waals surface area (Å²) in [4.78, 5) is 42.2. The molecule has 32 heavy (non-hydrogen) atoms. The lowest BCUT2D eigenvalue weighted by Gasteiger charge is -2.47. The number of Topliss-reactive ketones (excluding diaryl/α,β-unsaturated/α-hetero) is 2. The molecule has 1 heterocycles. The first kappa shape index (κ1) is 20.2. The molecule has 0 radical (unpaired) electrons. The van der Waals surface area contributed by atoms with Crippen LogP contribution in [0.5, 0.6) is 5.75 Å². The Balaban J connectivity index is 1.74. The quantitative estimate of drug-likeness (QED) is 0.334. The van der Waals surface area contributed by atoms with Crippen LogP contribution in [0.1, 0.15) is 22.3 Å². The van der Waals surface area contributed by atoms with E-state index in [1.54, 1.807) is 18.2 Å². The second-order valence-corrected chi connectivity index (χ2v) is 8.41. The summed E-state index contributed by atoms with van der Waals surface area (Å²) in [5, 5.41) is 43.9. The van der Waals surface area contributed by atoms with E-state index >= 15 is 0 Å². The minimum Gasteiger partial charge on any atom is -0.510 e. The average Bonchev–Trinajstić information content (AvgIpc) is 2.74. The number of allylic oxidation sites excluding steroid dienone is 1. The summed E-state index contributed by atoms with van der Waals surface area (Å²) >= 11 is 0. The molecule has 1 aromatic heterocycles. The van der Waals surface area contributed by atoms with E-state index in [0.717, 1.165) is 0 Å². The number of hydrogen-bond donors (Lipinski definition) is 6. The van der Waals surface area contributed by atoms with Gasteiger partial charge in [0.15, 0.2) is 17.1 Å². The highest BCUT2D eigenvalue weighted by atomic mass is 16.3. The number of aromatic hydroxyl groups is 1. The molecule has 0 aliphatic heterocycles. The highest BCUT2D eigenvalue weighted by Crippen LogP contribution is 2.51. The van der Waals surface area contributed by atoms with Gasteiger partial charge in [-0.15, -0.1) is 0 Å². The highest BCUT2D eigenvalue weighted by molar-refractivity contribution is 6.25. The molecule has 10 nitrogen and oxygen atoms in total. The number of primary amides is 1. The Hall–Kier alpha value is -3.76. The SMILES string of the molecule is NC(=O)C1=C(O)[C@@H](N)[C@@H]2C[C@@H]3Cc4cc5cccnc5c(O)c4C(=O)C3=C(O)[C@]2(O)C1=O. The molecule has 10 heteroatoms. The van der Waals surface area contributed by atoms with Gasteiger partial charge in [-0.05, 0) is 36.5 Å². The first-order chi connectivity index (χ1) is 15.1. The maximum Gasteiger partial charge on any atom is 0.255 e. The fraction of sp³-hybridized carbons (Fsp3) is 0.273. The normalized spacial score (nSPS) is 29.6. The number of phenolic OH excluding ortho intramolecular Hbond substituents is 1. The summed E-state index contributed by atoms with van der Waals surface area (Å²) in [5.41, 5.74) is 7.99. The van der Waals surface area contributed by atoms with Crippen LogP contribution in [-0.4, -0.2) is 54.5 Å². The molecule has 3 aliphatic carbocycles. The molecule has 3 aliphatic rings. The van der Waals surface area contributed by atoms with Gasteiger partial charge in [0.05, 0.1) is 11.6 Å². The number of rotatable bonds is 1. The molecule has 5 rings (SSSR count). The summed E-state index contributed by atoms with van der Waals surface area (Å²) in [5.74, 6) is -7.30. The lowest BCUT2D eigenvalue weighted by Crippen LogP contribution is -2.63.